The first-order valence-corrected chi connectivity index (χ1v) is 5.52. The first-order chi connectivity index (χ1) is 7.40. The molecule has 2 N–H and O–H groups in total. The molecule has 0 amide bonds. The molecule has 0 radical (unpaired) electrons. The van der Waals surface area contributed by atoms with Crippen LogP contribution in [0.25, 0.3) is 0 Å². The molecular formula is C13H21NO2. The van der Waals surface area contributed by atoms with Crippen LogP contribution in [0.2, 0.25) is 0 Å². The highest BCUT2D eigenvalue weighted by atomic mass is 16.5. The van der Waals surface area contributed by atoms with Crippen molar-refractivity contribution in [2.75, 3.05) is 18.9 Å². The molecule has 0 bridgehead atoms. The number of benzene rings is 1. The number of anilines is 1. The first-order valence-electron chi connectivity index (χ1n) is 5.52. The van der Waals surface area contributed by atoms with Gasteiger partial charge in [-0.1, -0.05) is 12.1 Å². The Kier molecular flexibility index (Phi) is 4.19. The van der Waals surface area contributed by atoms with Gasteiger partial charge in [0, 0.05) is 0 Å². The van der Waals surface area contributed by atoms with Crippen LogP contribution in [0.5, 0.6) is 5.75 Å². The van der Waals surface area contributed by atoms with E-state index in [1.165, 1.54) is 0 Å². The fourth-order valence-corrected chi connectivity index (χ4v) is 1.28. The number of para-hydroxylation sites is 1. The molecule has 0 unspecified atom stereocenters. The number of rotatable bonds is 4. The van der Waals surface area contributed by atoms with Gasteiger partial charge < -0.3 is 15.2 Å². The van der Waals surface area contributed by atoms with Crippen LogP contribution in [-0.4, -0.2) is 18.8 Å². The Morgan fingerprint density at radius 2 is 1.88 bits per heavy atom. The summed E-state index contributed by atoms with van der Waals surface area (Å²) < 4.78 is 11.1. The number of aryl methyl sites for hydroxylation is 1. The van der Waals surface area contributed by atoms with Gasteiger partial charge in [0.15, 0.2) is 0 Å². The summed E-state index contributed by atoms with van der Waals surface area (Å²) in [6.45, 7) is 9.12. The van der Waals surface area contributed by atoms with Crippen molar-refractivity contribution in [1.29, 1.82) is 0 Å². The van der Waals surface area contributed by atoms with Gasteiger partial charge in [-0.15, -0.1) is 0 Å². The summed E-state index contributed by atoms with van der Waals surface area (Å²) >= 11 is 0. The number of nitrogen functional groups attached to an aromatic ring is 1. The number of ether oxygens (including phenoxy) is 2. The lowest BCUT2D eigenvalue weighted by atomic mass is 10.2. The van der Waals surface area contributed by atoms with Crippen molar-refractivity contribution in [3.8, 4) is 5.75 Å². The number of hydrogen-bond donors (Lipinski definition) is 1. The second-order valence-electron chi connectivity index (χ2n) is 4.80. The van der Waals surface area contributed by atoms with Gasteiger partial charge in [-0.3, -0.25) is 0 Å². The Morgan fingerprint density at radius 3 is 2.50 bits per heavy atom. The predicted molar refractivity (Wildman–Crippen MR) is 66.8 cm³/mol. The van der Waals surface area contributed by atoms with Gasteiger partial charge in [-0.2, -0.15) is 0 Å². The maximum absolute atomic E-state index is 5.88. The molecule has 0 saturated carbocycles. The van der Waals surface area contributed by atoms with Gasteiger partial charge in [-0.05, 0) is 39.3 Å². The fourth-order valence-electron chi connectivity index (χ4n) is 1.28. The van der Waals surface area contributed by atoms with E-state index in [0.717, 1.165) is 11.3 Å². The molecule has 0 aliphatic carbocycles. The van der Waals surface area contributed by atoms with Gasteiger partial charge in [0.05, 0.1) is 17.9 Å². The van der Waals surface area contributed by atoms with Gasteiger partial charge in [0.25, 0.3) is 0 Å². The van der Waals surface area contributed by atoms with Crippen molar-refractivity contribution in [3.05, 3.63) is 23.8 Å². The Balaban J connectivity index is 2.41. The van der Waals surface area contributed by atoms with E-state index in [4.69, 9.17) is 15.2 Å². The van der Waals surface area contributed by atoms with E-state index in [0.29, 0.717) is 18.9 Å². The maximum atomic E-state index is 5.88. The van der Waals surface area contributed by atoms with E-state index >= 15 is 0 Å². The zero-order valence-corrected chi connectivity index (χ0v) is 10.5. The third-order valence-corrected chi connectivity index (χ3v) is 2.16. The van der Waals surface area contributed by atoms with E-state index < -0.39 is 0 Å². The Hall–Kier alpha value is -1.22. The Bertz CT molecular complexity index is 342. The standard InChI is InChI=1S/C13H21NO2/c1-10-6-5-7-11(12(10)14)15-8-9-16-13(2,3)4/h5-7H,8-9,14H2,1-4H3. The van der Waals surface area contributed by atoms with Crippen molar-refractivity contribution < 1.29 is 9.47 Å². The second-order valence-corrected chi connectivity index (χ2v) is 4.80. The molecule has 0 aliphatic rings. The second kappa shape index (κ2) is 5.21. The van der Waals surface area contributed by atoms with Gasteiger partial charge in [-0.25, -0.2) is 0 Å². The van der Waals surface area contributed by atoms with E-state index in [2.05, 4.69) is 0 Å². The SMILES string of the molecule is Cc1cccc(OCCOC(C)(C)C)c1N. The molecule has 1 aromatic rings. The van der Waals surface area contributed by atoms with Crippen LogP contribution in [0, 0.1) is 6.92 Å². The molecule has 0 aliphatic heterocycles. The third-order valence-electron chi connectivity index (χ3n) is 2.16. The zero-order valence-electron chi connectivity index (χ0n) is 10.5. The molecule has 16 heavy (non-hydrogen) atoms. The quantitative estimate of drug-likeness (QED) is 0.630. The highest BCUT2D eigenvalue weighted by molar-refractivity contribution is 5.57. The largest absolute Gasteiger partial charge is 0.489 e. The lowest BCUT2D eigenvalue weighted by Crippen LogP contribution is -2.22. The molecule has 3 nitrogen and oxygen atoms in total. The summed E-state index contributed by atoms with van der Waals surface area (Å²) in [6.07, 6.45) is 0. The smallest absolute Gasteiger partial charge is 0.142 e. The van der Waals surface area contributed by atoms with E-state index in [1.54, 1.807) is 0 Å². The Morgan fingerprint density at radius 1 is 1.19 bits per heavy atom. The van der Waals surface area contributed by atoms with Crippen LogP contribution in [0.15, 0.2) is 18.2 Å². The lowest BCUT2D eigenvalue weighted by molar-refractivity contribution is -0.0162. The van der Waals surface area contributed by atoms with Crippen molar-refractivity contribution >= 4 is 5.69 Å². The molecule has 0 saturated heterocycles. The van der Waals surface area contributed by atoms with Crippen LogP contribution in [0.4, 0.5) is 5.69 Å². The van der Waals surface area contributed by atoms with E-state index in [9.17, 15) is 0 Å². The summed E-state index contributed by atoms with van der Waals surface area (Å²) in [6, 6.07) is 5.78. The van der Waals surface area contributed by atoms with Crippen LogP contribution in [0.3, 0.4) is 0 Å². The molecule has 1 aromatic carbocycles. The van der Waals surface area contributed by atoms with Gasteiger partial charge in [0.2, 0.25) is 0 Å². The van der Waals surface area contributed by atoms with Gasteiger partial charge in [0.1, 0.15) is 12.4 Å². The predicted octanol–water partition coefficient (Wildman–Crippen LogP) is 2.77. The Labute approximate surface area is 97.6 Å². The topological polar surface area (TPSA) is 44.5 Å². The van der Waals surface area contributed by atoms with E-state index in [-0.39, 0.29) is 5.60 Å². The minimum absolute atomic E-state index is 0.124. The van der Waals surface area contributed by atoms with Crippen LogP contribution in [0.1, 0.15) is 26.3 Å². The third kappa shape index (κ3) is 4.11. The van der Waals surface area contributed by atoms with Gasteiger partial charge >= 0.3 is 0 Å². The minimum Gasteiger partial charge on any atom is -0.489 e. The summed E-state index contributed by atoms with van der Waals surface area (Å²) in [5.41, 5.74) is 7.50. The molecular weight excluding hydrogens is 202 g/mol. The number of nitrogens with two attached hydrogens (primary N) is 1. The summed E-state index contributed by atoms with van der Waals surface area (Å²) in [5, 5.41) is 0. The lowest BCUT2D eigenvalue weighted by Gasteiger charge is -2.19. The first kappa shape index (κ1) is 12.8. The maximum Gasteiger partial charge on any atom is 0.142 e. The summed E-state index contributed by atoms with van der Waals surface area (Å²) in [7, 11) is 0. The zero-order chi connectivity index (χ0) is 12.2. The number of hydrogen-bond acceptors (Lipinski definition) is 3. The fraction of sp³-hybridized carbons (Fsp3) is 0.538. The summed E-state index contributed by atoms with van der Waals surface area (Å²) in [4.78, 5) is 0. The van der Waals surface area contributed by atoms with E-state index in [1.807, 2.05) is 45.9 Å². The molecule has 90 valence electrons. The average molecular weight is 223 g/mol. The van der Waals surface area contributed by atoms with Crippen molar-refractivity contribution in [2.24, 2.45) is 0 Å². The monoisotopic (exact) mass is 223 g/mol. The molecule has 0 fully saturated rings. The molecule has 1 rings (SSSR count). The van der Waals surface area contributed by atoms with Crippen LogP contribution in [-0.2, 0) is 4.74 Å². The molecule has 0 aromatic heterocycles. The van der Waals surface area contributed by atoms with Crippen molar-refractivity contribution in [2.45, 2.75) is 33.3 Å². The normalized spacial score (nSPS) is 11.5. The van der Waals surface area contributed by atoms with Crippen molar-refractivity contribution in [1.82, 2.24) is 0 Å². The van der Waals surface area contributed by atoms with Crippen LogP contribution >= 0.6 is 0 Å². The highest BCUT2D eigenvalue weighted by Gasteiger charge is 2.09. The summed E-state index contributed by atoms with van der Waals surface area (Å²) in [5.74, 6) is 0.734. The molecule has 0 atom stereocenters. The minimum atomic E-state index is -0.124. The highest BCUT2D eigenvalue weighted by Crippen LogP contribution is 2.24. The molecule has 0 heterocycles. The average Bonchev–Trinajstić information content (AvgIpc) is 2.17. The van der Waals surface area contributed by atoms with Crippen LogP contribution < -0.4 is 10.5 Å². The molecule has 0 spiro atoms. The molecule has 3 heteroatoms. The van der Waals surface area contributed by atoms with Crippen molar-refractivity contribution in [3.63, 3.8) is 0 Å².